The van der Waals surface area contributed by atoms with Crippen LogP contribution in [0.25, 0.3) is 11.4 Å². The van der Waals surface area contributed by atoms with Crippen molar-refractivity contribution in [3.05, 3.63) is 135 Å². The van der Waals surface area contributed by atoms with Gasteiger partial charge in [0.1, 0.15) is 23.4 Å². The first-order chi connectivity index (χ1) is 21.0. The number of aromatic nitrogens is 3. The summed E-state index contributed by atoms with van der Waals surface area (Å²) in [7, 11) is -7.74. The molecule has 0 fully saturated rings. The molecule has 4 aromatic carbocycles. The first-order valence-electron chi connectivity index (χ1n) is 13.4. The van der Waals surface area contributed by atoms with E-state index in [0.29, 0.717) is 11.1 Å². The summed E-state index contributed by atoms with van der Waals surface area (Å²) < 4.78 is 56.7. The molecule has 0 saturated carbocycles. The highest BCUT2D eigenvalue weighted by molar-refractivity contribution is 7.91. The molecule has 8 nitrogen and oxygen atoms in total. The minimum Gasteiger partial charge on any atom is -0.287 e. The van der Waals surface area contributed by atoms with Crippen LogP contribution in [-0.2, 0) is 25.6 Å². The Morgan fingerprint density at radius 2 is 1.20 bits per heavy atom. The summed E-state index contributed by atoms with van der Waals surface area (Å²) in [5.41, 5.74) is 2.98. The summed E-state index contributed by atoms with van der Waals surface area (Å²) in [6, 6.07) is 30.9. The second-order valence-corrected chi connectivity index (χ2v) is 14.7. The second kappa shape index (κ2) is 12.9. The van der Waals surface area contributed by atoms with Gasteiger partial charge in [0.15, 0.2) is 24.4 Å². The maximum atomic E-state index is 13.7. The topological polar surface area (TPSA) is 103 Å². The van der Waals surface area contributed by atoms with Crippen LogP contribution in [0.2, 0.25) is 0 Å². The van der Waals surface area contributed by atoms with E-state index in [1.54, 1.807) is 84.9 Å². The molecule has 0 unspecified atom stereocenters. The molecule has 0 amide bonds. The fourth-order valence-corrected chi connectivity index (χ4v) is 7.43. The van der Waals surface area contributed by atoms with E-state index in [9.17, 15) is 16.8 Å². The summed E-state index contributed by atoms with van der Waals surface area (Å²) in [5, 5.41) is 0. The molecule has 0 bridgehead atoms. The Morgan fingerprint density at radius 1 is 0.705 bits per heavy atom. The number of aliphatic imine (C=N–C) groups is 1. The highest BCUT2D eigenvalue weighted by atomic mass is 32.2. The number of nitrogens with zero attached hydrogens (tertiary/aromatic N) is 4. The van der Waals surface area contributed by atoms with Crippen LogP contribution < -0.4 is 0 Å². The average molecular weight is 661 g/mol. The van der Waals surface area contributed by atoms with Gasteiger partial charge in [0, 0.05) is 11.1 Å². The van der Waals surface area contributed by atoms with Gasteiger partial charge in [-0.2, -0.15) is 0 Å². The van der Waals surface area contributed by atoms with Crippen LogP contribution in [0.4, 0.5) is 0 Å². The molecule has 0 aliphatic heterocycles. The monoisotopic (exact) mass is 660 g/mol. The maximum Gasteiger partial charge on any atom is 0.209 e. The van der Waals surface area contributed by atoms with Crippen molar-refractivity contribution in [2.75, 3.05) is 5.88 Å². The highest BCUT2D eigenvalue weighted by Crippen LogP contribution is 2.23. The van der Waals surface area contributed by atoms with Crippen molar-refractivity contribution < 1.29 is 16.8 Å². The van der Waals surface area contributed by atoms with Gasteiger partial charge in [-0.1, -0.05) is 96.1 Å². The average Bonchev–Trinajstić information content (AvgIpc) is 3.01. The van der Waals surface area contributed by atoms with Crippen molar-refractivity contribution in [2.24, 2.45) is 4.99 Å². The molecular formula is C32H28N4O4S4. The SMILES string of the molecule is Cc1ccc(S(=O)(=O)C/N=C(\c2ccccc2)n2c(=S)nc(-c3ccccc3)n(CS(=O)(=O)c3ccc(C)cc3)c2=S)cc1. The Kier molecular flexibility index (Phi) is 9.16. The quantitative estimate of drug-likeness (QED) is 0.105. The molecule has 5 aromatic rings. The normalized spacial score (nSPS) is 12.3. The van der Waals surface area contributed by atoms with Crippen molar-refractivity contribution in [2.45, 2.75) is 29.5 Å². The van der Waals surface area contributed by atoms with Gasteiger partial charge in [-0.3, -0.25) is 9.56 Å². The Labute approximate surface area is 266 Å². The molecule has 1 heterocycles. The van der Waals surface area contributed by atoms with Gasteiger partial charge in [-0.15, -0.1) is 0 Å². The van der Waals surface area contributed by atoms with Gasteiger partial charge in [0.25, 0.3) is 0 Å². The Bertz CT molecular complexity index is 2180. The molecule has 0 saturated heterocycles. The number of hydrogen-bond donors (Lipinski definition) is 0. The molecule has 12 heteroatoms. The molecule has 0 aliphatic carbocycles. The molecule has 0 atom stereocenters. The van der Waals surface area contributed by atoms with Gasteiger partial charge < -0.3 is 0 Å². The van der Waals surface area contributed by atoms with Crippen LogP contribution in [0.15, 0.2) is 124 Å². The molecule has 44 heavy (non-hydrogen) atoms. The van der Waals surface area contributed by atoms with Crippen molar-refractivity contribution in [1.82, 2.24) is 14.1 Å². The number of aryl methyl sites for hydroxylation is 2. The molecule has 5 rings (SSSR count). The molecule has 0 spiro atoms. The fourth-order valence-electron chi connectivity index (χ4n) is 4.43. The lowest BCUT2D eigenvalue weighted by atomic mass is 10.2. The van der Waals surface area contributed by atoms with Gasteiger partial charge in [0.2, 0.25) is 4.77 Å². The maximum absolute atomic E-state index is 13.7. The molecular weight excluding hydrogens is 633 g/mol. The highest BCUT2D eigenvalue weighted by Gasteiger charge is 2.23. The summed E-state index contributed by atoms with van der Waals surface area (Å²) in [6.45, 7) is 3.74. The van der Waals surface area contributed by atoms with Crippen LogP contribution >= 0.6 is 24.4 Å². The van der Waals surface area contributed by atoms with Gasteiger partial charge >= 0.3 is 0 Å². The summed E-state index contributed by atoms with van der Waals surface area (Å²) >= 11 is 11.6. The van der Waals surface area contributed by atoms with Crippen LogP contribution in [0, 0.1) is 23.4 Å². The van der Waals surface area contributed by atoms with Crippen molar-refractivity contribution in [1.29, 1.82) is 0 Å². The lowest BCUT2D eigenvalue weighted by Gasteiger charge is -2.19. The van der Waals surface area contributed by atoms with Crippen LogP contribution in [0.1, 0.15) is 16.7 Å². The predicted octanol–water partition coefficient (Wildman–Crippen LogP) is 6.59. The van der Waals surface area contributed by atoms with Crippen LogP contribution in [0.5, 0.6) is 0 Å². The largest absolute Gasteiger partial charge is 0.287 e. The number of sulfone groups is 2. The number of rotatable bonds is 8. The first kappa shape index (κ1) is 31.3. The third kappa shape index (κ3) is 6.83. The summed E-state index contributed by atoms with van der Waals surface area (Å²) in [5.74, 6) is -0.748. The summed E-state index contributed by atoms with van der Waals surface area (Å²) in [6.07, 6.45) is 0. The van der Waals surface area contributed by atoms with Gasteiger partial charge in [0.05, 0.1) is 9.79 Å². The lowest BCUT2D eigenvalue weighted by Crippen LogP contribution is -2.25. The van der Waals surface area contributed by atoms with E-state index in [1.165, 1.54) is 21.3 Å². The standard InChI is InChI=1S/C32H28N4O4S4/c1-23-13-17-27(18-14-23)43(37,38)21-33-29(25-9-5-3-6-10-25)36-31(41)34-30(26-11-7-4-8-12-26)35(32(36)42)22-44(39,40)28-19-15-24(2)16-20-28/h3-20H,21-22H2,1-2H3/b33-29+. The Balaban J connectivity index is 1.72. The predicted molar refractivity (Wildman–Crippen MR) is 177 cm³/mol. The van der Waals surface area contributed by atoms with Crippen LogP contribution in [-0.4, -0.2) is 42.7 Å². The zero-order valence-electron chi connectivity index (χ0n) is 23.9. The lowest BCUT2D eigenvalue weighted by molar-refractivity contribution is 0.579. The zero-order valence-corrected chi connectivity index (χ0v) is 27.1. The van der Waals surface area contributed by atoms with Crippen molar-refractivity contribution in [3.63, 3.8) is 0 Å². The van der Waals surface area contributed by atoms with E-state index in [4.69, 9.17) is 24.4 Å². The number of hydrogen-bond acceptors (Lipinski definition) is 8. The molecule has 0 aliphatic rings. The Morgan fingerprint density at radius 3 is 1.75 bits per heavy atom. The minimum absolute atomic E-state index is 0.00474. The first-order valence-corrected chi connectivity index (χ1v) is 17.6. The Hall–Kier alpha value is -4.10. The van der Waals surface area contributed by atoms with E-state index < -0.39 is 31.4 Å². The van der Waals surface area contributed by atoms with E-state index in [1.807, 2.05) is 26.0 Å². The molecule has 0 N–H and O–H groups in total. The van der Waals surface area contributed by atoms with E-state index in [-0.39, 0.29) is 31.0 Å². The minimum atomic E-state index is -3.90. The van der Waals surface area contributed by atoms with Crippen LogP contribution in [0.3, 0.4) is 0 Å². The van der Waals surface area contributed by atoms with Gasteiger partial charge in [-0.25, -0.2) is 26.4 Å². The van der Waals surface area contributed by atoms with E-state index in [0.717, 1.165) is 11.1 Å². The molecule has 1 aromatic heterocycles. The zero-order chi connectivity index (χ0) is 31.5. The van der Waals surface area contributed by atoms with Gasteiger partial charge in [-0.05, 0) is 62.5 Å². The summed E-state index contributed by atoms with van der Waals surface area (Å²) in [4.78, 5) is 9.40. The number of benzene rings is 4. The van der Waals surface area contributed by atoms with Crippen molar-refractivity contribution in [3.8, 4) is 11.4 Å². The van der Waals surface area contributed by atoms with E-state index >= 15 is 0 Å². The molecule has 224 valence electrons. The molecule has 0 radical (unpaired) electrons. The second-order valence-electron chi connectivity index (χ2n) is 10.1. The third-order valence-corrected chi connectivity index (χ3v) is 10.5. The van der Waals surface area contributed by atoms with E-state index in [2.05, 4.69) is 9.98 Å². The van der Waals surface area contributed by atoms with Crippen molar-refractivity contribution >= 4 is 49.9 Å². The fraction of sp³-hybridized carbons (Fsp3) is 0.125. The third-order valence-electron chi connectivity index (χ3n) is 6.79. The smallest absolute Gasteiger partial charge is 0.209 e.